The summed E-state index contributed by atoms with van der Waals surface area (Å²) in [4.78, 5) is 0. The lowest BCUT2D eigenvalue weighted by Gasteiger charge is -2.17. The van der Waals surface area contributed by atoms with Crippen LogP contribution in [-0.2, 0) is 10.9 Å². The molecule has 1 aromatic rings. The highest BCUT2D eigenvalue weighted by Gasteiger charge is 2.33. The van der Waals surface area contributed by atoms with Crippen molar-refractivity contribution in [3.63, 3.8) is 0 Å². The number of benzene rings is 1. The Morgan fingerprint density at radius 2 is 2.16 bits per heavy atom. The summed E-state index contributed by atoms with van der Waals surface area (Å²) in [5.41, 5.74) is 4.73. The first-order valence-electron chi connectivity index (χ1n) is 6.20. The summed E-state index contributed by atoms with van der Waals surface area (Å²) < 4.78 is 43.5. The van der Waals surface area contributed by atoms with Crippen LogP contribution in [0.15, 0.2) is 18.2 Å². The first-order chi connectivity index (χ1) is 8.88. The van der Waals surface area contributed by atoms with Crippen LogP contribution in [0.5, 0.6) is 0 Å². The number of nitrogen functional groups attached to an aromatic ring is 1. The lowest BCUT2D eigenvalue weighted by molar-refractivity contribution is -0.136. The maximum atomic E-state index is 12.7. The minimum Gasteiger partial charge on any atom is -0.398 e. The van der Waals surface area contributed by atoms with Gasteiger partial charge in [0.05, 0.1) is 11.7 Å². The monoisotopic (exact) mass is 274 g/mol. The topological polar surface area (TPSA) is 47.3 Å². The Labute approximate surface area is 109 Å². The van der Waals surface area contributed by atoms with E-state index in [2.05, 4.69) is 5.32 Å². The summed E-state index contributed by atoms with van der Waals surface area (Å²) in [6.45, 7) is 3.29. The number of nitrogens with one attached hydrogen (secondary N) is 1. The molecule has 1 heterocycles. The van der Waals surface area contributed by atoms with E-state index in [0.717, 1.165) is 12.5 Å². The fourth-order valence-electron chi connectivity index (χ4n) is 2.20. The minimum absolute atomic E-state index is 0.142. The molecule has 1 aliphatic heterocycles. The number of halogens is 3. The lowest BCUT2D eigenvalue weighted by atomic mass is 10.0. The number of ether oxygens (including phenoxy) is 1. The Bertz CT molecular complexity index is 448. The number of anilines is 2. The zero-order valence-electron chi connectivity index (χ0n) is 10.6. The van der Waals surface area contributed by atoms with Crippen LogP contribution in [0, 0.1) is 5.92 Å². The van der Waals surface area contributed by atoms with Gasteiger partial charge in [-0.3, -0.25) is 0 Å². The number of nitrogens with two attached hydrogens (primary N) is 1. The molecule has 0 radical (unpaired) electrons. The van der Waals surface area contributed by atoms with Gasteiger partial charge in [-0.2, -0.15) is 13.2 Å². The maximum Gasteiger partial charge on any atom is 0.418 e. The first-order valence-corrected chi connectivity index (χ1v) is 6.20. The minimum atomic E-state index is -4.43. The third kappa shape index (κ3) is 3.32. The molecule has 19 heavy (non-hydrogen) atoms. The largest absolute Gasteiger partial charge is 0.418 e. The molecule has 3 nitrogen and oxygen atoms in total. The van der Waals surface area contributed by atoms with Gasteiger partial charge < -0.3 is 15.8 Å². The van der Waals surface area contributed by atoms with E-state index >= 15 is 0 Å². The van der Waals surface area contributed by atoms with Gasteiger partial charge in [0, 0.05) is 30.4 Å². The molecule has 1 saturated heterocycles. The van der Waals surface area contributed by atoms with Crippen molar-refractivity contribution in [2.24, 2.45) is 5.92 Å². The second kappa shape index (κ2) is 5.28. The molecule has 0 aliphatic carbocycles. The number of rotatable bonds is 3. The highest BCUT2D eigenvalue weighted by Crippen LogP contribution is 2.35. The van der Waals surface area contributed by atoms with E-state index in [9.17, 15) is 13.2 Å². The third-order valence-corrected chi connectivity index (χ3v) is 3.46. The van der Waals surface area contributed by atoms with E-state index < -0.39 is 11.7 Å². The van der Waals surface area contributed by atoms with Crippen LogP contribution in [0.2, 0.25) is 0 Å². The molecule has 1 aliphatic rings. The first kappa shape index (κ1) is 14.0. The van der Waals surface area contributed by atoms with E-state index in [1.165, 1.54) is 6.07 Å². The highest BCUT2D eigenvalue weighted by molar-refractivity contribution is 5.58. The van der Waals surface area contributed by atoms with Crippen molar-refractivity contribution in [1.82, 2.24) is 0 Å². The van der Waals surface area contributed by atoms with Gasteiger partial charge in [0.25, 0.3) is 0 Å². The fourth-order valence-corrected chi connectivity index (χ4v) is 2.20. The maximum absolute atomic E-state index is 12.7. The van der Waals surface area contributed by atoms with Crippen molar-refractivity contribution in [1.29, 1.82) is 0 Å². The van der Waals surface area contributed by atoms with Crippen LogP contribution in [0.4, 0.5) is 24.5 Å². The summed E-state index contributed by atoms with van der Waals surface area (Å²) in [6, 6.07) is 3.89. The molecular weight excluding hydrogens is 257 g/mol. The summed E-state index contributed by atoms with van der Waals surface area (Å²) in [5, 5.41) is 3.02. The van der Waals surface area contributed by atoms with Gasteiger partial charge in [0.2, 0.25) is 0 Å². The molecule has 0 aromatic heterocycles. The number of alkyl halides is 3. The molecule has 2 atom stereocenters. The zero-order valence-corrected chi connectivity index (χ0v) is 10.6. The van der Waals surface area contributed by atoms with E-state index in [1.807, 2.05) is 6.92 Å². The molecule has 2 rings (SSSR count). The molecule has 0 amide bonds. The van der Waals surface area contributed by atoms with Crippen molar-refractivity contribution < 1.29 is 17.9 Å². The van der Waals surface area contributed by atoms with Crippen molar-refractivity contribution >= 4 is 11.4 Å². The zero-order chi connectivity index (χ0) is 14.0. The standard InChI is InChI=1S/C13H17F3N2O/c1-8-9(4-5-19-8)7-18-10-2-3-12(17)11(6-10)13(14,15)16/h2-3,6,8-9,18H,4-5,7,17H2,1H3. The van der Waals surface area contributed by atoms with Crippen LogP contribution in [0.1, 0.15) is 18.9 Å². The van der Waals surface area contributed by atoms with Crippen molar-refractivity contribution in [3.05, 3.63) is 23.8 Å². The molecule has 2 unspecified atom stereocenters. The predicted molar refractivity (Wildman–Crippen MR) is 67.9 cm³/mol. The average Bonchev–Trinajstić information content (AvgIpc) is 2.72. The highest BCUT2D eigenvalue weighted by atomic mass is 19.4. The summed E-state index contributed by atoms with van der Waals surface area (Å²) in [7, 11) is 0. The molecule has 106 valence electrons. The Hall–Kier alpha value is -1.43. The van der Waals surface area contributed by atoms with Gasteiger partial charge in [-0.05, 0) is 31.5 Å². The molecule has 6 heteroatoms. The van der Waals surface area contributed by atoms with Crippen LogP contribution in [0.25, 0.3) is 0 Å². The molecule has 0 spiro atoms. The van der Waals surface area contributed by atoms with Gasteiger partial charge in [-0.25, -0.2) is 0 Å². The van der Waals surface area contributed by atoms with E-state index in [-0.39, 0.29) is 11.8 Å². The Balaban J connectivity index is 2.05. The Morgan fingerprint density at radius 3 is 2.74 bits per heavy atom. The van der Waals surface area contributed by atoms with Crippen molar-refractivity contribution in [2.75, 3.05) is 24.2 Å². The molecule has 1 aromatic carbocycles. The number of hydrogen-bond donors (Lipinski definition) is 2. The van der Waals surface area contributed by atoms with E-state index in [4.69, 9.17) is 10.5 Å². The van der Waals surface area contributed by atoms with Crippen molar-refractivity contribution in [2.45, 2.75) is 25.6 Å². The summed E-state index contributed by atoms with van der Waals surface area (Å²) >= 11 is 0. The molecule has 3 N–H and O–H groups in total. The van der Waals surface area contributed by atoms with E-state index in [1.54, 1.807) is 6.07 Å². The van der Waals surface area contributed by atoms with Crippen LogP contribution < -0.4 is 11.1 Å². The average molecular weight is 274 g/mol. The SMILES string of the molecule is CC1OCCC1CNc1ccc(N)c(C(F)(F)F)c1. The summed E-state index contributed by atoms with van der Waals surface area (Å²) in [5.74, 6) is 0.326. The Morgan fingerprint density at radius 1 is 1.42 bits per heavy atom. The van der Waals surface area contributed by atoms with Crippen LogP contribution >= 0.6 is 0 Å². The van der Waals surface area contributed by atoms with E-state index in [0.29, 0.717) is 24.8 Å². The molecular formula is C13H17F3N2O. The Kier molecular flexibility index (Phi) is 3.89. The molecule has 1 fully saturated rings. The van der Waals surface area contributed by atoms with Crippen LogP contribution in [0.3, 0.4) is 0 Å². The van der Waals surface area contributed by atoms with Gasteiger partial charge in [-0.1, -0.05) is 0 Å². The second-order valence-electron chi connectivity index (χ2n) is 4.81. The number of hydrogen-bond acceptors (Lipinski definition) is 3. The van der Waals surface area contributed by atoms with Crippen LogP contribution in [-0.4, -0.2) is 19.3 Å². The fraction of sp³-hybridized carbons (Fsp3) is 0.538. The lowest BCUT2D eigenvalue weighted by Crippen LogP contribution is -2.21. The summed E-state index contributed by atoms with van der Waals surface area (Å²) in [6.07, 6.45) is -3.36. The second-order valence-corrected chi connectivity index (χ2v) is 4.81. The van der Waals surface area contributed by atoms with Gasteiger partial charge in [-0.15, -0.1) is 0 Å². The van der Waals surface area contributed by atoms with Gasteiger partial charge in [0.15, 0.2) is 0 Å². The van der Waals surface area contributed by atoms with Crippen molar-refractivity contribution in [3.8, 4) is 0 Å². The quantitative estimate of drug-likeness (QED) is 0.832. The third-order valence-electron chi connectivity index (χ3n) is 3.46. The normalized spacial score (nSPS) is 23.6. The smallest absolute Gasteiger partial charge is 0.398 e. The van der Waals surface area contributed by atoms with Gasteiger partial charge in [0.1, 0.15) is 0 Å². The molecule has 0 bridgehead atoms. The predicted octanol–water partition coefficient (Wildman–Crippen LogP) is 3.12. The van der Waals surface area contributed by atoms with Gasteiger partial charge >= 0.3 is 6.18 Å². The molecule has 0 saturated carbocycles.